The van der Waals surface area contributed by atoms with Crippen LogP contribution in [0.4, 0.5) is 5.69 Å². The molecule has 1 rings (SSSR count). The topological polar surface area (TPSA) is 75.6 Å². The first-order valence-corrected chi connectivity index (χ1v) is 4.77. The molecule has 0 fully saturated rings. The highest BCUT2D eigenvalue weighted by Crippen LogP contribution is 2.10. The number of nitrogens with one attached hydrogen (secondary N) is 1. The van der Waals surface area contributed by atoms with Crippen molar-refractivity contribution in [1.82, 2.24) is 0 Å². The first kappa shape index (κ1) is 12.0. The number of benzene rings is 1. The normalized spacial score (nSPS) is 9.56. The molecule has 0 aliphatic carbocycles. The minimum absolute atomic E-state index is 0.211. The lowest BCUT2D eigenvalue weighted by molar-refractivity contribution is -0.140. The molecule has 0 bridgehead atoms. The summed E-state index contributed by atoms with van der Waals surface area (Å²) in [4.78, 5) is 21.5. The van der Waals surface area contributed by atoms with E-state index in [4.69, 9.17) is 5.11 Å². The minimum atomic E-state index is -0.975. The lowest BCUT2D eigenvalue weighted by Gasteiger charge is -2.05. The number of carboxylic acid groups (broad SMARTS) is 1. The van der Waals surface area contributed by atoms with Gasteiger partial charge in [-0.05, 0) is 18.2 Å². The number of carbonyl (C=O) groups is 2. The maximum atomic E-state index is 10.8. The van der Waals surface area contributed by atoms with Gasteiger partial charge < -0.3 is 15.2 Å². The van der Waals surface area contributed by atoms with Gasteiger partial charge in [-0.25, -0.2) is 4.79 Å². The van der Waals surface area contributed by atoms with Crippen molar-refractivity contribution in [3.8, 4) is 0 Å². The van der Waals surface area contributed by atoms with Crippen LogP contribution < -0.4 is 5.32 Å². The van der Waals surface area contributed by atoms with E-state index < -0.39 is 5.97 Å². The van der Waals surface area contributed by atoms with Crippen LogP contribution >= 0.6 is 0 Å². The van der Waals surface area contributed by atoms with Gasteiger partial charge >= 0.3 is 11.9 Å². The van der Waals surface area contributed by atoms with Gasteiger partial charge in [0.25, 0.3) is 0 Å². The number of anilines is 1. The van der Waals surface area contributed by atoms with Crippen molar-refractivity contribution < 1.29 is 19.4 Å². The van der Waals surface area contributed by atoms with E-state index in [0.717, 1.165) is 0 Å². The molecule has 86 valence electrons. The van der Waals surface area contributed by atoms with Crippen molar-refractivity contribution in [3.05, 3.63) is 29.8 Å². The first-order chi connectivity index (χ1) is 7.63. The highest BCUT2D eigenvalue weighted by Gasteiger charge is 2.03. The fraction of sp³-hybridized carbons (Fsp3) is 0.273. The number of methoxy groups -OCH3 is 1. The summed E-state index contributed by atoms with van der Waals surface area (Å²) in [6, 6.07) is 6.40. The smallest absolute Gasteiger partial charge is 0.335 e. The molecule has 0 unspecified atom stereocenters. The number of esters is 1. The summed E-state index contributed by atoms with van der Waals surface area (Å²) in [7, 11) is 1.33. The number of aromatic carboxylic acids is 1. The molecule has 16 heavy (non-hydrogen) atoms. The number of carbonyl (C=O) groups excluding carboxylic acids is 1. The maximum absolute atomic E-state index is 10.8. The predicted molar refractivity (Wildman–Crippen MR) is 58.5 cm³/mol. The Hall–Kier alpha value is -2.04. The van der Waals surface area contributed by atoms with Gasteiger partial charge in [-0.3, -0.25) is 4.79 Å². The Morgan fingerprint density at radius 1 is 1.44 bits per heavy atom. The molecule has 5 heteroatoms. The van der Waals surface area contributed by atoms with Crippen LogP contribution in [-0.4, -0.2) is 30.7 Å². The largest absolute Gasteiger partial charge is 0.478 e. The zero-order chi connectivity index (χ0) is 12.0. The molecule has 0 aliphatic heterocycles. The van der Waals surface area contributed by atoms with Crippen LogP contribution in [0.15, 0.2) is 24.3 Å². The monoisotopic (exact) mass is 223 g/mol. The van der Waals surface area contributed by atoms with E-state index in [0.29, 0.717) is 12.2 Å². The second kappa shape index (κ2) is 5.75. The van der Waals surface area contributed by atoms with Crippen molar-refractivity contribution in [2.75, 3.05) is 19.0 Å². The SMILES string of the molecule is COC(=O)CCNc1cccc(C(=O)O)c1. The second-order valence-corrected chi connectivity index (χ2v) is 3.14. The van der Waals surface area contributed by atoms with Gasteiger partial charge in [0.2, 0.25) is 0 Å². The minimum Gasteiger partial charge on any atom is -0.478 e. The van der Waals surface area contributed by atoms with E-state index in [1.54, 1.807) is 12.1 Å². The average molecular weight is 223 g/mol. The summed E-state index contributed by atoms with van der Waals surface area (Å²) in [6.07, 6.45) is 0.244. The molecule has 0 heterocycles. The van der Waals surface area contributed by atoms with Crippen LogP contribution in [0, 0.1) is 0 Å². The Balaban J connectivity index is 2.51. The highest BCUT2D eigenvalue weighted by atomic mass is 16.5. The van der Waals surface area contributed by atoms with Crippen LogP contribution in [0.2, 0.25) is 0 Å². The summed E-state index contributed by atoms with van der Waals surface area (Å²) in [6.45, 7) is 0.412. The maximum Gasteiger partial charge on any atom is 0.335 e. The molecule has 0 aromatic heterocycles. The van der Waals surface area contributed by atoms with Gasteiger partial charge in [0, 0.05) is 12.2 Å². The molecule has 0 radical (unpaired) electrons. The Labute approximate surface area is 93.0 Å². The third-order valence-corrected chi connectivity index (χ3v) is 2.00. The number of ether oxygens (including phenoxy) is 1. The van der Waals surface area contributed by atoms with E-state index in [1.165, 1.54) is 19.2 Å². The third kappa shape index (κ3) is 3.61. The lowest BCUT2D eigenvalue weighted by Crippen LogP contribution is -2.10. The summed E-state index contributed by atoms with van der Waals surface area (Å²) in [5.41, 5.74) is 0.881. The van der Waals surface area contributed by atoms with Gasteiger partial charge in [-0.1, -0.05) is 6.07 Å². The van der Waals surface area contributed by atoms with Crippen LogP contribution in [0.3, 0.4) is 0 Å². The van der Waals surface area contributed by atoms with Crippen LogP contribution in [0.25, 0.3) is 0 Å². The first-order valence-electron chi connectivity index (χ1n) is 4.77. The van der Waals surface area contributed by atoms with Crippen molar-refractivity contribution in [3.63, 3.8) is 0 Å². The molecule has 0 spiro atoms. The molecular formula is C11H13NO4. The average Bonchev–Trinajstić information content (AvgIpc) is 2.29. The number of hydrogen-bond acceptors (Lipinski definition) is 4. The summed E-state index contributed by atoms with van der Waals surface area (Å²) < 4.78 is 4.48. The van der Waals surface area contributed by atoms with Crippen molar-refractivity contribution in [1.29, 1.82) is 0 Å². The zero-order valence-electron chi connectivity index (χ0n) is 8.90. The molecule has 0 saturated carbocycles. The highest BCUT2D eigenvalue weighted by molar-refractivity contribution is 5.88. The number of rotatable bonds is 5. The van der Waals surface area contributed by atoms with Gasteiger partial charge in [0.15, 0.2) is 0 Å². The molecule has 0 atom stereocenters. The Morgan fingerprint density at radius 2 is 2.19 bits per heavy atom. The second-order valence-electron chi connectivity index (χ2n) is 3.14. The quantitative estimate of drug-likeness (QED) is 0.737. The Bertz CT molecular complexity index is 389. The van der Waals surface area contributed by atoms with Crippen LogP contribution in [0.1, 0.15) is 16.8 Å². The molecule has 1 aromatic carbocycles. The van der Waals surface area contributed by atoms with E-state index in [2.05, 4.69) is 10.1 Å². The molecular weight excluding hydrogens is 210 g/mol. The number of hydrogen-bond donors (Lipinski definition) is 2. The van der Waals surface area contributed by atoms with Crippen LogP contribution in [0.5, 0.6) is 0 Å². The Kier molecular flexibility index (Phi) is 4.32. The molecule has 0 amide bonds. The van der Waals surface area contributed by atoms with Crippen molar-refractivity contribution >= 4 is 17.6 Å². The third-order valence-electron chi connectivity index (χ3n) is 2.00. The zero-order valence-corrected chi connectivity index (χ0v) is 8.90. The van der Waals surface area contributed by atoms with Crippen LogP contribution in [-0.2, 0) is 9.53 Å². The number of carboxylic acids is 1. The van der Waals surface area contributed by atoms with E-state index in [-0.39, 0.29) is 18.0 Å². The molecule has 2 N–H and O–H groups in total. The summed E-state index contributed by atoms with van der Waals surface area (Å²) in [5.74, 6) is -1.28. The van der Waals surface area contributed by atoms with Gasteiger partial charge in [-0.15, -0.1) is 0 Å². The van der Waals surface area contributed by atoms with E-state index in [1.807, 2.05) is 0 Å². The standard InChI is InChI=1S/C11H13NO4/c1-16-10(13)5-6-12-9-4-2-3-8(7-9)11(14)15/h2-4,7,12H,5-6H2,1H3,(H,14,15). The molecule has 1 aromatic rings. The summed E-state index contributed by atoms with van der Waals surface area (Å²) in [5, 5.41) is 11.7. The van der Waals surface area contributed by atoms with Gasteiger partial charge in [0.05, 0.1) is 19.1 Å². The van der Waals surface area contributed by atoms with E-state index >= 15 is 0 Å². The molecule has 5 nitrogen and oxygen atoms in total. The van der Waals surface area contributed by atoms with E-state index in [9.17, 15) is 9.59 Å². The van der Waals surface area contributed by atoms with Gasteiger partial charge in [0.1, 0.15) is 0 Å². The molecule has 0 aliphatic rings. The van der Waals surface area contributed by atoms with Crippen molar-refractivity contribution in [2.45, 2.75) is 6.42 Å². The fourth-order valence-corrected chi connectivity index (χ4v) is 1.17. The molecule has 0 saturated heterocycles. The van der Waals surface area contributed by atoms with Gasteiger partial charge in [-0.2, -0.15) is 0 Å². The predicted octanol–water partition coefficient (Wildman–Crippen LogP) is 1.36. The van der Waals surface area contributed by atoms with Crippen molar-refractivity contribution in [2.24, 2.45) is 0 Å². The lowest BCUT2D eigenvalue weighted by atomic mass is 10.2. The fourth-order valence-electron chi connectivity index (χ4n) is 1.17. The Morgan fingerprint density at radius 3 is 2.81 bits per heavy atom. The summed E-state index contributed by atoms with van der Waals surface area (Å²) >= 11 is 0.